The summed E-state index contributed by atoms with van der Waals surface area (Å²) in [5.74, 6) is 0.401. The van der Waals surface area contributed by atoms with Crippen molar-refractivity contribution in [3.63, 3.8) is 0 Å². The molecule has 0 saturated carbocycles. The Bertz CT molecular complexity index is 540. The topological polar surface area (TPSA) is 55.1 Å². The molecule has 1 atom stereocenters. The Morgan fingerprint density at radius 1 is 1.37 bits per heavy atom. The number of hydrogen-bond acceptors (Lipinski definition) is 4. The van der Waals surface area contributed by atoms with Gasteiger partial charge in [-0.05, 0) is 30.5 Å². The molecule has 1 aromatic carbocycles. The van der Waals surface area contributed by atoms with Gasteiger partial charge in [-0.25, -0.2) is 0 Å². The normalized spacial score (nSPS) is 12.1. The van der Waals surface area contributed by atoms with Gasteiger partial charge in [0.05, 0.1) is 11.8 Å². The molecular formula is C14H16N2OS2. The predicted octanol–water partition coefficient (Wildman–Crippen LogP) is 3.30. The number of nitrogens with one attached hydrogen (secondary N) is 1. The van der Waals surface area contributed by atoms with E-state index in [1.54, 1.807) is 11.3 Å². The second kappa shape index (κ2) is 6.63. The summed E-state index contributed by atoms with van der Waals surface area (Å²) >= 11 is 3.11. The maximum Gasteiger partial charge on any atom is 0.230 e. The van der Waals surface area contributed by atoms with Crippen LogP contribution in [-0.2, 0) is 4.79 Å². The smallest absolute Gasteiger partial charge is 0.230 e. The number of thiophene rings is 1. The minimum absolute atomic E-state index is 0.0224. The van der Waals surface area contributed by atoms with E-state index in [-0.39, 0.29) is 11.9 Å². The van der Waals surface area contributed by atoms with Gasteiger partial charge in [0, 0.05) is 15.5 Å². The third kappa shape index (κ3) is 4.01. The number of carbonyl (C=O) groups is 1. The zero-order valence-electron chi connectivity index (χ0n) is 10.6. The van der Waals surface area contributed by atoms with Gasteiger partial charge in [0.1, 0.15) is 0 Å². The van der Waals surface area contributed by atoms with Crippen LogP contribution in [-0.4, -0.2) is 11.7 Å². The molecule has 1 unspecified atom stereocenters. The van der Waals surface area contributed by atoms with Gasteiger partial charge in [0.15, 0.2) is 0 Å². The summed E-state index contributed by atoms with van der Waals surface area (Å²) in [6.45, 7) is 1.99. The number of amides is 1. The van der Waals surface area contributed by atoms with E-state index in [1.165, 1.54) is 11.8 Å². The number of carbonyl (C=O) groups excluding carboxylic acids is 1. The predicted molar refractivity (Wildman–Crippen MR) is 82.5 cm³/mol. The number of nitrogens with two attached hydrogens (primary N) is 1. The average Bonchev–Trinajstić information content (AvgIpc) is 2.91. The van der Waals surface area contributed by atoms with Crippen LogP contribution in [0.1, 0.15) is 17.8 Å². The van der Waals surface area contributed by atoms with Crippen LogP contribution < -0.4 is 11.1 Å². The summed E-state index contributed by atoms with van der Waals surface area (Å²) in [6.07, 6.45) is 0. The van der Waals surface area contributed by atoms with Crippen molar-refractivity contribution < 1.29 is 4.79 Å². The molecule has 5 heteroatoms. The maximum atomic E-state index is 11.9. The number of benzene rings is 1. The quantitative estimate of drug-likeness (QED) is 0.656. The van der Waals surface area contributed by atoms with E-state index >= 15 is 0 Å². The largest absolute Gasteiger partial charge is 0.398 e. The van der Waals surface area contributed by atoms with Crippen molar-refractivity contribution in [2.45, 2.75) is 17.9 Å². The van der Waals surface area contributed by atoms with E-state index in [2.05, 4.69) is 5.32 Å². The van der Waals surface area contributed by atoms with Crippen LogP contribution in [0.3, 0.4) is 0 Å². The van der Waals surface area contributed by atoms with Gasteiger partial charge in [-0.2, -0.15) is 0 Å². The number of rotatable bonds is 5. The van der Waals surface area contributed by atoms with Crippen molar-refractivity contribution in [3.8, 4) is 0 Å². The zero-order valence-corrected chi connectivity index (χ0v) is 12.3. The summed E-state index contributed by atoms with van der Waals surface area (Å²) in [7, 11) is 0. The molecule has 1 heterocycles. The van der Waals surface area contributed by atoms with Gasteiger partial charge < -0.3 is 11.1 Å². The highest BCUT2D eigenvalue weighted by Gasteiger charge is 2.11. The lowest BCUT2D eigenvalue weighted by Gasteiger charge is -2.12. The van der Waals surface area contributed by atoms with Gasteiger partial charge in [-0.3, -0.25) is 4.79 Å². The molecule has 2 aromatic rings. The first-order chi connectivity index (χ1) is 9.16. The first-order valence-electron chi connectivity index (χ1n) is 5.97. The van der Waals surface area contributed by atoms with E-state index in [1.807, 2.05) is 48.7 Å². The van der Waals surface area contributed by atoms with Crippen molar-refractivity contribution in [2.75, 3.05) is 11.5 Å². The molecule has 3 N–H and O–H groups in total. The Labute approximate surface area is 121 Å². The molecule has 0 aliphatic heterocycles. The van der Waals surface area contributed by atoms with E-state index in [9.17, 15) is 4.79 Å². The van der Waals surface area contributed by atoms with Gasteiger partial charge in [-0.1, -0.05) is 18.2 Å². The molecule has 0 aliphatic rings. The highest BCUT2D eigenvalue weighted by atomic mass is 32.2. The monoisotopic (exact) mass is 292 g/mol. The fraction of sp³-hybridized carbons (Fsp3) is 0.214. The van der Waals surface area contributed by atoms with Crippen molar-refractivity contribution in [1.29, 1.82) is 0 Å². The molecular weight excluding hydrogens is 276 g/mol. The van der Waals surface area contributed by atoms with Crippen LogP contribution in [0.15, 0.2) is 46.7 Å². The second-order valence-corrected chi connectivity index (χ2v) is 6.13. The minimum atomic E-state index is 0.0224. The molecule has 0 aliphatic carbocycles. The molecule has 0 bridgehead atoms. The standard InChI is InChI=1S/C14H16N2OS2/c1-10(12-7-4-8-18-12)16-14(17)9-19-13-6-3-2-5-11(13)15/h2-8,10H,9,15H2,1H3,(H,16,17). The maximum absolute atomic E-state index is 11.9. The zero-order chi connectivity index (χ0) is 13.7. The van der Waals surface area contributed by atoms with Gasteiger partial charge in [0.2, 0.25) is 5.91 Å². The first-order valence-corrected chi connectivity index (χ1v) is 7.83. The fourth-order valence-electron chi connectivity index (χ4n) is 1.65. The molecule has 0 spiro atoms. The summed E-state index contributed by atoms with van der Waals surface area (Å²) in [4.78, 5) is 14.0. The van der Waals surface area contributed by atoms with E-state index in [0.717, 1.165) is 9.77 Å². The lowest BCUT2D eigenvalue weighted by Crippen LogP contribution is -2.27. The van der Waals surface area contributed by atoms with Gasteiger partial charge in [0.25, 0.3) is 0 Å². The summed E-state index contributed by atoms with van der Waals surface area (Å²) in [6, 6.07) is 11.6. The van der Waals surface area contributed by atoms with Crippen LogP contribution in [0, 0.1) is 0 Å². The Balaban J connectivity index is 1.84. The highest BCUT2D eigenvalue weighted by Crippen LogP contribution is 2.24. The minimum Gasteiger partial charge on any atom is -0.398 e. The van der Waals surface area contributed by atoms with Crippen LogP contribution in [0.4, 0.5) is 5.69 Å². The second-order valence-electron chi connectivity index (χ2n) is 4.13. The van der Waals surface area contributed by atoms with E-state index < -0.39 is 0 Å². The van der Waals surface area contributed by atoms with E-state index in [0.29, 0.717) is 11.4 Å². The SMILES string of the molecule is CC(NC(=O)CSc1ccccc1N)c1cccs1. The van der Waals surface area contributed by atoms with Gasteiger partial charge >= 0.3 is 0 Å². The molecule has 100 valence electrons. The number of anilines is 1. The van der Waals surface area contributed by atoms with E-state index in [4.69, 9.17) is 5.73 Å². The molecule has 0 saturated heterocycles. The Kier molecular flexibility index (Phi) is 4.87. The number of nitrogen functional groups attached to an aromatic ring is 1. The molecule has 0 fully saturated rings. The summed E-state index contributed by atoms with van der Waals surface area (Å²) in [5.41, 5.74) is 6.55. The Morgan fingerprint density at radius 3 is 2.84 bits per heavy atom. The van der Waals surface area contributed by atoms with Crippen molar-refractivity contribution >= 4 is 34.7 Å². The number of thioether (sulfide) groups is 1. The summed E-state index contributed by atoms with van der Waals surface area (Å²) in [5, 5.41) is 4.99. The third-order valence-corrected chi connectivity index (χ3v) is 4.77. The van der Waals surface area contributed by atoms with Crippen molar-refractivity contribution in [2.24, 2.45) is 0 Å². The van der Waals surface area contributed by atoms with Crippen LogP contribution in [0.5, 0.6) is 0 Å². The van der Waals surface area contributed by atoms with Crippen LogP contribution in [0.25, 0.3) is 0 Å². The molecule has 0 radical (unpaired) electrons. The molecule has 1 aromatic heterocycles. The molecule has 2 rings (SSSR count). The van der Waals surface area contributed by atoms with Crippen LogP contribution in [0.2, 0.25) is 0 Å². The lowest BCUT2D eigenvalue weighted by molar-refractivity contribution is -0.119. The van der Waals surface area contributed by atoms with Crippen LogP contribution >= 0.6 is 23.1 Å². The van der Waals surface area contributed by atoms with Crippen molar-refractivity contribution in [1.82, 2.24) is 5.32 Å². The lowest BCUT2D eigenvalue weighted by atomic mass is 10.3. The molecule has 1 amide bonds. The Hall–Kier alpha value is -1.46. The average molecular weight is 292 g/mol. The molecule has 19 heavy (non-hydrogen) atoms. The molecule has 3 nitrogen and oxygen atoms in total. The Morgan fingerprint density at radius 2 is 2.16 bits per heavy atom. The first kappa shape index (κ1) is 14.0. The number of hydrogen-bond donors (Lipinski definition) is 2. The third-order valence-electron chi connectivity index (χ3n) is 2.63. The highest BCUT2D eigenvalue weighted by molar-refractivity contribution is 8.00. The van der Waals surface area contributed by atoms with Crippen molar-refractivity contribution in [3.05, 3.63) is 46.7 Å². The number of para-hydroxylation sites is 1. The summed E-state index contributed by atoms with van der Waals surface area (Å²) < 4.78 is 0. The fourth-order valence-corrected chi connectivity index (χ4v) is 3.16. The van der Waals surface area contributed by atoms with Gasteiger partial charge in [-0.15, -0.1) is 23.1 Å².